The number of hydrogen-bond donors (Lipinski definition) is 0. The summed E-state index contributed by atoms with van der Waals surface area (Å²) in [5.41, 5.74) is 3.56. The molecule has 0 bridgehead atoms. The largest absolute Gasteiger partial charge is 0.295 e. The summed E-state index contributed by atoms with van der Waals surface area (Å²) >= 11 is 0. The van der Waals surface area contributed by atoms with E-state index in [0.29, 0.717) is 22.3 Å². The summed E-state index contributed by atoms with van der Waals surface area (Å²) < 4.78 is 0. The van der Waals surface area contributed by atoms with Gasteiger partial charge in [-0.2, -0.15) is 0 Å². The van der Waals surface area contributed by atoms with Gasteiger partial charge in [-0.1, -0.05) is 114 Å². The van der Waals surface area contributed by atoms with Crippen LogP contribution in [0.5, 0.6) is 0 Å². The van der Waals surface area contributed by atoms with Gasteiger partial charge in [0.05, 0.1) is 11.1 Å². The molecule has 4 aromatic rings. The fourth-order valence-electron chi connectivity index (χ4n) is 7.90. The van der Waals surface area contributed by atoms with Crippen LogP contribution in [0.2, 0.25) is 0 Å². The predicted molar refractivity (Wildman–Crippen MR) is 226 cm³/mol. The second-order valence-electron chi connectivity index (χ2n) is 15.5. The van der Waals surface area contributed by atoms with E-state index in [9.17, 15) is 28.8 Å². The monoisotopic (exact) mass is 774 g/mol. The number of nitrogens with zero attached hydrogens (tertiary/aromatic N) is 2. The van der Waals surface area contributed by atoms with Crippen LogP contribution in [-0.4, -0.2) is 58.1 Å². The number of hydrogen-bond acceptors (Lipinski definition) is 6. The van der Waals surface area contributed by atoms with Crippen molar-refractivity contribution in [3.05, 3.63) is 116 Å². The molecule has 2 atom stereocenters. The molecule has 6 rings (SSSR count). The molecule has 2 aliphatic rings. The van der Waals surface area contributed by atoms with Crippen molar-refractivity contribution in [1.29, 1.82) is 0 Å². The first-order valence-electron chi connectivity index (χ1n) is 20.6. The molecule has 0 aromatic heterocycles. The summed E-state index contributed by atoms with van der Waals surface area (Å²) in [5.74, 6) is 10.5. The van der Waals surface area contributed by atoms with Crippen molar-refractivity contribution >= 4 is 46.0 Å². The van der Waals surface area contributed by atoms with Crippen LogP contribution >= 0.6 is 0 Å². The van der Waals surface area contributed by atoms with Crippen molar-refractivity contribution < 1.29 is 28.8 Å². The number of benzene rings is 4. The van der Waals surface area contributed by atoms with Crippen molar-refractivity contribution in [2.75, 3.05) is 13.1 Å². The number of imide groups is 2. The first kappa shape index (κ1) is 41.5. The van der Waals surface area contributed by atoms with Crippen LogP contribution in [0, 0.1) is 35.5 Å². The Kier molecular flexibility index (Phi) is 12.9. The van der Waals surface area contributed by atoms with E-state index in [1.54, 1.807) is 60.7 Å². The molecule has 0 aliphatic carbocycles. The van der Waals surface area contributed by atoms with Gasteiger partial charge in [0.15, 0.2) is 11.6 Å². The van der Waals surface area contributed by atoms with Gasteiger partial charge in [-0.15, -0.1) is 0 Å². The van der Waals surface area contributed by atoms with Gasteiger partial charge in [-0.25, -0.2) is 0 Å². The summed E-state index contributed by atoms with van der Waals surface area (Å²) in [4.78, 5) is 85.3. The number of amides is 4. The van der Waals surface area contributed by atoms with Crippen LogP contribution < -0.4 is 0 Å². The molecule has 0 saturated carbocycles. The lowest BCUT2D eigenvalue weighted by molar-refractivity contribution is 0.0558. The van der Waals surface area contributed by atoms with Crippen LogP contribution in [0.15, 0.2) is 60.7 Å². The molecule has 0 N–H and O–H groups in total. The maximum atomic E-state index is 14.8. The van der Waals surface area contributed by atoms with E-state index in [1.165, 1.54) is 23.6 Å². The highest BCUT2D eigenvalue weighted by Crippen LogP contribution is 2.42. The maximum absolute atomic E-state index is 14.8. The topological polar surface area (TPSA) is 109 Å². The first-order valence-corrected chi connectivity index (χ1v) is 20.6. The highest BCUT2D eigenvalue weighted by molar-refractivity contribution is 6.34. The van der Waals surface area contributed by atoms with Crippen molar-refractivity contribution in [1.82, 2.24) is 9.80 Å². The molecule has 4 amide bonds. The minimum Gasteiger partial charge on any atom is -0.295 e. The number of unbranched alkanes of at least 4 members (excludes halogenated alkanes) is 2. The number of ketones is 2. The van der Waals surface area contributed by atoms with Gasteiger partial charge in [0.2, 0.25) is 0 Å². The summed E-state index contributed by atoms with van der Waals surface area (Å²) in [6, 6.07) is 16.9. The van der Waals surface area contributed by atoms with Gasteiger partial charge in [0, 0.05) is 68.4 Å². The molecular weight excluding hydrogens is 725 g/mol. The Morgan fingerprint density at radius 2 is 0.897 bits per heavy atom. The van der Waals surface area contributed by atoms with Gasteiger partial charge >= 0.3 is 0 Å². The average molecular weight is 775 g/mol. The molecule has 8 heteroatoms. The molecule has 296 valence electrons. The fourth-order valence-corrected chi connectivity index (χ4v) is 7.90. The fraction of sp³-hybridized carbons (Fsp3) is 0.360. The zero-order chi connectivity index (χ0) is 41.7. The Labute approximate surface area is 341 Å². The lowest BCUT2D eigenvalue weighted by Crippen LogP contribution is -2.46. The van der Waals surface area contributed by atoms with E-state index in [1.807, 2.05) is 0 Å². The molecule has 2 aliphatic heterocycles. The Morgan fingerprint density at radius 1 is 0.534 bits per heavy atom. The van der Waals surface area contributed by atoms with Crippen LogP contribution in [0.4, 0.5) is 0 Å². The van der Waals surface area contributed by atoms with Gasteiger partial charge in [0.1, 0.15) is 0 Å². The third-order valence-electron chi connectivity index (χ3n) is 11.5. The summed E-state index contributed by atoms with van der Waals surface area (Å²) in [6.07, 6.45) is 7.12. The molecule has 2 heterocycles. The Hall–Kier alpha value is -6.12. The van der Waals surface area contributed by atoms with Crippen LogP contribution in [0.25, 0.3) is 10.8 Å². The smallest absolute Gasteiger partial charge is 0.262 e. The number of carbonyl (C=O) groups excluding carboxylic acids is 6. The number of Topliss-reactive ketones (excluding diaryl/α,β-unsaturated/α-hetero) is 2. The number of rotatable bonds is 14. The summed E-state index contributed by atoms with van der Waals surface area (Å²) in [5, 5.41) is 0.486. The highest BCUT2D eigenvalue weighted by Gasteiger charge is 2.43. The average Bonchev–Trinajstić information content (AvgIpc) is 3.23. The maximum Gasteiger partial charge on any atom is 0.262 e. The van der Waals surface area contributed by atoms with Gasteiger partial charge in [0.25, 0.3) is 23.6 Å². The third kappa shape index (κ3) is 8.29. The zero-order valence-corrected chi connectivity index (χ0v) is 34.3. The molecule has 0 saturated heterocycles. The standard InChI is InChI=1S/C50H50N2O6/c1-7-11-13-33(9-3)29-51-47(55)41-27-40(26-20-36-17-23-38(24-18-36)32(6)54)44-46-42(48(56)52(50(44)58)30-34(10-4)14-12-8-2)28-39(43(45(41)46)49(51)57)25-19-35-15-21-37(22-16-35)31(5)53/h15-18,21-24,27-28,33-34H,7-14,29-30H2,1-6H3. The van der Waals surface area contributed by atoms with E-state index < -0.39 is 23.6 Å². The molecule has 4 aromatic carbocycles. The number of carbonyl (C=O) groups is 6. The lowest BCUT2D eigenvalue weighted by Gasteiger charge is -2.35. The molecule has 0 fully saturated rings. The Morgan fingerprint density at radius 3 is 1.21 bits per heavy atom. The Balaban J connectivity index is 1.63. The zero-order valence-electron chi connectivity index (χ0n) is 34.3. The highest BCUT2D eigenvalue weighted by atomic mass is 16.2. The minimum absolute atomic E-state index is 0.0739. The predicted octanol–water partition coefficient (Wildman–Crippen LogP) is 9.67. The second kappa shape index (κ2) is 18.0. The van der Waals surface area contributed by atoms with Crippen LogP contribution in [0.1, 0.15) is 177 Å². The van der Waals surface area contributed by atoms with Crippen molar-refractivity contribution in [3.63, 3.8) is 0 Å². The normalized spacial score (nSPS) is 14.2. The van der Waals surface area contributed by atoms with E-state index in [0.717, 1.165) is 51.4 Å². The van der Waals surface area contributed by atoms with E-state index >= 15 is 0 Å². The third-order valence-corrected chi connectivity index (χ3v) is 11.5. The van der Waals surface area contributed by atoms with E-state index in [4.69, 9.17) is 0 Å². The van der Waals surface area contributed by atoms with Crippen molar-refractivity contribution in [2.45, 2.75) is 92.9 Å². The molecule has 0 spiro atoms. The summed E-state index contributed by atoms with van der Waals surface area (Å²) in [6.45, 7) is 11.7. The van der Waals surface area contributed by atoms with Gasteiger partial charge in [-0.05, 0) is 74.9 Å². The second-order valence-corrected chi connectivity index (χ2v) is 15.5. The van der Waals surface area contributed by atoms with Crippen LogP contribution in [0.3, 0.4) is 0 Å². The van der Waals surface area contributed by atoms with Crippen molar-refractivity contribution in [3.8, 4) is 23.7 Å². The summed E-state index contributed by atoms with van der Waals surface area (Å²) in [7, 11) is 0. The molecule has 58 heavy (non-hydrogen) atoms. The van der Waals surface area contributed by atoms with E-state index in [2.05, 4.69) is 51.4 Å². The van der Waals surface area contributed by atoms with Crippen molar-refractivity contribution in [2.24, 2.45) is 11.8 Å². The Bertz CT molecular complexity index is 2280. The van der Waals surface area contributed by atoms with Gasteiger partial charge in [-0.3, -0.25) is 38.6 Å². The molecule has 0 radical (unpaired) electrons. The minimum atomic E-state index is -0.515. The molecular formula is C50H50N2O6. The van der Waals surface area contributed by atoms with Crippen LogP contribution in [-0.2, 0) is 0 Å². The molecule has 8 nitrogen and oxygen atoms in total. The first-order chi connectivity index (χ1) is 27.9. The van der Waals surface area contributed by atoms with Gasteiger partial charge < -0.3 is 0 Å². The lowest BCUT2D eigenvalue weighted by atomic mass is 9.80. The quantitative estimate of drug-likeness (QED) is 0.0717. The molecule has 2 unspecified atom stereocenters. The van der Waals surface area contributed by atoms with E-state index in [-0.39, 0.29) is 80.6 Å². The SMILES string of the molecule is CCCCC(CC)CN1C(=O)c2cc(C#Cc3ccc(C(C)=O)cc3)c3c4c(cc(C#Cc5ccc(C(C)=O)cc5)c(c24)C1=O)C(=O)N(CC(CC)CCCC)C3=O.